The zero-order valence-electron chi connectivity index (χ0n) is 32.0. The van der Waals surface area contributed by atoms with E-state index in [1.807, 2.05) is 6.08 Å². The molecule has 48 heavy (non-hydrogen) atoms. The van der Waals surface area contributed by atoms with E-state index in [0.29, 0.717) is 6.42 Å². The van der Waals surface area contributed by atoms with Crippen LogP contribution < -0.4 is 5.32 Å². The minimum absolute atomic E-state index is 0.0869. The molecule has 1 amide bonds. The zero-order chi connectivity index (χ0) is 35.0. The summed E-state index contributed by atoms with van der Waals surface area (Å²) in [6, 6.07) is -0.645. The Bertz CT molecular complexity index is 771. The molecule has 0 heterocycles. The summed E-state index contributed by atoms with van der Waals surface area (Å²) < 4.78 is 0. The molecule has 0 bridgehead atoms. The fourth-order valence-electron chi connectivity index (χ4n) is 6.07. The van der Waals surface area contributed by atoms with Crippen LogP contribution in [0.25, 0.3) is 0 Å². The second-order valence-electron chi connectivity index (χ2n) is 14.1. The van der Waals surface area contributed by atoms with Crippen molar-refractivity contribution in [2.75, 3.05) is 6.61 Å². The molecule has 0 fully saturated rings. The van der Waals surface area contributed by atoms with Crippen LogP contribution in [0.4, 0.5) is 0 Å². The first kappa shape index (κ1) is 46.4. The molecular formula is C44H81NO3. The van der Waals surface area contributed by atoms with Gasteiger partial charge in [0, 0.05) is 6.42 Å². The lowest BCUT2D eigenvalue weighted by atomic mass is 10.0. The summed E-state index contributed by atoms with van der Waals surface area (Å²) in [5.41, 5.74) is 0. The highest BCUT2D eigenvalue weighted by Crippen LogP contribution is 2.14. The third-order valence-corrected chi connectivity index (χ3v) is 9.31. The Morgan fingerprint density at radius 2 is 0.875 bits per heavy atom. The third-order valence-electron chi connectivity index (χ3n) is 9.31. The summed E-state index contributed by atoms with van der Waals surface area (Å²) in [6.07, 6.45) is 53.5. The number of allylic oxidation sites excluding steroid dienone is 7. The van der Waals surface area contributed by atoms with Crippen molar-refractivity contribution in [1.82, 2.24) is 5.32 Å². The number of unbranched alkanes of at least 4 members (excludes halogenated alkanes) is 25. The van der Waals surface area contributed by atoms with Crippen molar-refractivity contribution in [3.63, 3.8) is 0 Å². The van der Waals surface area contributed by atoms with E-state index in [0.717, 1.165) is 44.9 Å². The van der Waals surface area contributed by atoms with E-state index in [2.05, 4.69) is 55.6 Å². The summed E-state index contributed by atoms with van der Waals surface area (Å²) in [4.78, 5) is 12.3. The molecule has 4 nitrogen and oxygen atoms in total. The number of aliphatic hydroxyl groups excluding tert-OH is 2. The Balaban J connectivity index is 3.65. The molecule has 0 aliphatic carbocycles. The van der Waals surface area contributed by atoms with Crippen LogP contribution in [0.3, 0.4) is 0 Å². The number of hydrogen-bond acceptors (Lipinski definition) is 3. The maximum Gasteiger partial charge on any atom is 0.220 e. The van der Waals surface area contributed by atoms with Crippen LogP contribution in [-0.2, 0) is 4.79 Å². The molecule has 2 unspecified atom stereocenters. The summed E-state index contributed by atoms with van der Waals surface area (Å²) >= 11 is 0. The number of rotatable bonds is 37. The molecular weight excluding hydrogens is 590 g/mol. The van der Waals surface area contributed by atoms with Gasteiger partial charge in [-0.3, -0.25) is 4.79 Å². The number of hydrogen-bond donors (Lipinski definition) is 3. The number of amides is 1. The van der Waals surface area contributed by atoms with Crippen molar-refractivity contribution < 1.29 is 15.0 Å². The van der Waals surface area contributed by atoms with Crippen LogP contribution >= 0.6 is 0 Å². The van der Waals surface area contributed by atoms with Gasteiger partial charge in [0.05, 0.1) is 18.8 Å². The van der Waals surface area contributed by atoms with Crippen molar-refractivity contribution in [1.29, 1.82) is 0 Å². The summed E-state index contributed by atoms with van der Waals surface area (Å²) in [6.45, 7) is 4.26. The number of aliphatic hydroxyl groups is 2. The fourth-order valence-corrected chi connectivity index (χ4v) is 6.07. The molecule has 0 radical (unpaired) electrons. The lowest BCUT2D eigenvalue weighted by molar-refractivity contribution is -0.123. The second-order valence-corrected chi connectivity index (χ2v) is 14.1. The van der Waals surface area contributed by atoms with Crippen LogP contribution in [0, 0.1) is 0 Å². The number of carbonyl (C=O) groups excluding carboxylic acids is 1. The van der Waals surface area contributed by atoms with Crippen LogP contribution in [0.1, 0.15) is 206 Å². The van der Waals surface area contributed by atoms with Gasteiger partial charge in [0.25, 0.3) is 0 Å². The second kappa shape index (κ2) is 39.8. The maximum atomic E-state index is 12.3. The highest BCUT2D eigenvalue weighted by molar-refractivity contribution is 5.76. The van der Waals surface area contributed by atoms with Gasteiger partial charge in [0.2, 0.25) is 5.91 Å². The Morgan fingerprint density at radius 1 is 0.500 bits per heavy atom. The SMILES string of the molecule is CCCCC/C=C\C=C/CCCCCCCCC(=O)NC(CO)C(O)/C=C/CC/C=C/CCCCCCCCCCCCCCCCC. The molecule has 280 valence electrons. The normalized spacial score (nSPS) is 13.5. The van der Waals surface area contributed by atoms with Gasteiger partial charge in [0.1, 0.15) is 0 Å². The Hall–Kier alpha value is -1.65. The van der Waals surface area contributed by atoms with Crippen molar-refractivity contribution in [2.45, 2.75) is 219 Å². The molecule has 0 spiro atoms. The van der Waals surface area contributed by atoms with Crippen LogP contribution in [0.2, 0.25) is 0 Å². The lowest BCUT2D eigenvalue weighted by Gasteiger charge is -2.19. The molecule has 0 aliphatic heterocycles. The molecule has 2 atom stereocenters. The van der Waals surface area contributed by atoms with Gasteiger partial charge in [-0.05, 0) is 57.8 Å². The fraction of sp³-hybridized carbons (Fsp3) is 0.795. The van der Waals surface area contributed by atoms with E-state index in [1.54, 1.807) is 6.08 Å². The van der Waals surface area contributed by atoms with Gasteiger partial charge >= 0.3 is 0 Å². The molecule has 0 aliphatic rings. The van der Waals surface area contributed by atoms with E-state index >= 15 is 0 Å². The van der Waals surface area contributed by atoms with Gasteiger partial charge in [-0.15, -0.1) is 0 Å². The maximum absolute atomic E-state index is 12.3. The van der Waals surface area contributed by atoms with Crippen molar-refractivity contribution in [3.05, 3.63) is 48.6 Å². The summed E-state index contributed by atoms with van der Waals surface area (Å²) in [5.74, 6) is -0.0869. The monoisotopic (exact) mass is 672 g/mol. The topological polar surface area (TPSA) is 69.6 Å². The van der Waals surface area contributed by atoms with Crippen molar-refractivity contribution in [2.24, 2.45) is 0 Å². The Morgan fingerprint density at radius 3 is 1.38 bits per heavy atom. The Kier molecular flexibility index (Phi) is 38.4. The molecule has 0 aromatic carbocycles. The predicted octanol–water partition coefficient (Wildman–Crippen LogP) is 12.8. The first-order valence-electron chi connectivity index (χ1n) is 20.9. The van der Waals surface area contributed by atoms with Gasteiger partial charge in [0.15, 0.2) is 0 Å². The largest absolute Gasteiger partial charge is 0.394 e. The smallest absolute Gasteiger partial charge is 0.220 e. The Labute approximate surface area is 299 Å². The highest BCUT2D eigenvalue weighted by atomic mass is 16.3. The van der Waals surface area contributed by atoms with E-state index in [-0.39, 0.29) is 12.5 Å². The predicted molar refractivity (Wildman–Crippen MR) is 211 cm³/mol. The standard InChI is InChI=1S/C44H81NO3/c1-3-5-7-9-11-13-15-17-19-20-21-22-23-24-26-27-29-31-33-35-37-39-43(47)42(41-46)45-44(48)40-38-36-34-32-30-28-25-18-16-14-12-10-8-6-4-2/h12,14,16,18,29,31,37,39,42-43,46-47H,3-11,13,15,17,19-28,30,32-36,38,40-41H2,1-2H3,(H,45,48)/b14-12-,18-16-,31-29+,39-37+. The number of carbonyl (C=O) groups is 1. The average Bonchev–Trinajstić information content (AvgIpc) is 3.09. The first-order valence-corrected chi connectivity index (χ1v) is 20.9. The van der Waals surface area contributed by atoms with Gasteiger partial charge in [-0.25, -0.2) is 0 Å². The minimum atomic E-state index is -0.867. The van der Waals surface area contributed by atoms with Crippen molar-refractivity contribution in [3.8, 4) is 0 Å². The van der Waals surface area contributed by atoms with Gasteiger partial charge in [-0.1, -0.05) is 191 Å². The van der Waals surface area contributed by atoms with Crippen LogP contribution in [0.5, 0.6) is 0 Å². The molecule has 3 N–H and O–H groups in total. The first-order chi connectivity index (χ1) is 23.7. The van der Waals surface area contributed by atoms with Gasteiger partial charge < -0.3 is 15.5 Å². The summed E-state index contributed by atoms with van der Waals surface area (Å²) in [5, 5.41) is 22.9. The molecule has 0 saturated heterocycles. The van der Waals surface area contributed by atoms with E-state index in [1.165, 1.54) is 141 Å². The molecule has 0 aromatic heterocycles. The lowest BCUT2D eigenvalue weighted by Crippen LogP contribution is -2.45. The average molecular weight is 672 g/mol. The van der Waals surface area contributed by atoms with E-state index < -0.39 is 12.1 Å². The van der Waals surface area contributed by atoms with Crippen LogP contribution in [0.15, 0.2) is 48.6 Å². The van der Waals surface area contributed by atoms with Crippen molar-refractivity contribution >= 4 is 5.91 Å². The molecule has 0 saturated carbocycles. The molecule has 0 rings (SSSR count). The quantitative estimate of drug-likeness (QED) is 0.0350. The third kappa shape index (κ3) is 35.7. The van der Waals surface area contributed by atoms with Gasteiger partial charge in [-0.2, -0.15) is 0 Å². The molecule has 4 heteroatoms. The van der Waals surface area contributed by atoms with E-state index in [4.69, 9.17) is 0 Å². The zero-order valence-corrected chi connectivity index (χ0v) is 32.0. The number of nitrogens with one attached hydrogen (secondary N) is 1. The van der Waals surface area contributed by atoms with Crippen LogP contribution in [-0.4, -0.2) is 34.9 Å². The summed E-state index contributed by atoms with van der Waals surface area (Å²) in [7, 11) is 0. The highest BCUT2D eigenvalue weighted by Gasteiger charge is 2.17. The minimum Gasteiger partial charge on any atom is -0.394 e. The van der Waals surface area contributed by atoms with E-state index in [9.17, 15) is 15.0 Å². The molecule has 0 aromatic rings.